The molecule has 1 aliphatic heterocycles. The Morgan fingerprint density at radius 1 is 1.02 bits per heavy atom. The van der Waals surface area contributed by atoms with Crippen LogP contribution < -0.4 is 10.6 Å². The third kappa shape index (κ3) is 5.77. The number of anilines is 2. The number of carbonyl (C=O) groups is 3. The predicted octanol–water partition coefficient (Wildman–Crippen LogP) is 4.55. The van der Waals surface area contributed by atoms with Crippen LogP contribution in [-0.4, -0.2) is 63.4 Å². The van der Waals surface area contributed by atoms with E-state index in [9.17, 15) is 14.4 Å². The molecule has 6 rings (SSSR count). The smallest absolute Gasteiger partial charge is 0.294 e. The zero-order valence-corrected chi connectivity index (χ0v) is 22.8. The standard InChI is InChI=1S/C29H27ClN6O5/c30-19-5-10-23(32-15-19)34-29(39)27-26(25-22(41-27)9-8-21(33-25)18-2-1-11-31-14-18)35-28(38)17-3-6-20(7-4-17)36-12-13-40-16-24(36)37/h1-2,5,8-11,14-15,17,20H,3-4,6-7,12-13,16H2,(H,35,38)(H,32,34,39). The minimum absolute atomic E-state index is 0.00431. The van der Waals surface area contributed by atoms with Gasteiger partial charge < -0.3 is 24.7 Å². The molecular weight excluding hydrogens is 548 g/mol. The van der Waals surface area contributed by atoms with E-state index in [1.165, 1.54) is 6.20 Å². The van der Waals surface area contributed by atoms with Crippen LogP contribution in [0.25, 0.3) is 22.4 Å². The Morgan fingerprint density at radius 2 is 1.88 bits per heavy atom. The van der Waals surface area contributed by atoms with Crippen LogP contribution in [0.15, 0.2) is 59.4 Å². The third-order valence-corrected chi connectivity index (χ3v) is 7.67. The molecule has 4 aromatic heterocycles. The van der Waals surface area contributed by atoms with Gasteiger partial charge in [-0.05, 0) is 62.1 Å². The van der Waals surface area contributed by atoms with Crippen molar-refractivity contribution in [3.63, 3.8) is 0 Å². The first kappa shape index (κ1) is 26.9. The predicted molar refractivity (Wildman–Crippen MR) is 151 cm³/mol. The molecule has 1 saturated carbocycles. The van der Waals surface area contributed by atoms with E-state index in [0.29, 0.717) is 47.8 Å². The van der Waals surface area contributed by atoms with E-state index < -0.39 is 5.91 Å². The summed E-state index contributed by atoms with van der Waals surface area (Å²) in [4.78, 5) is 54.0. The van der Waals surface area contributed by atoms with Crippen molar-refractivity contribution in [2.45, 2.75) is 31.7 Å². The monoisotopic (exact) mass is 574 g/mol. The number of hydrogen-bond donors (Lipinski definition) is 2. The molecule has 1 aliphatic carbocycles. The molecule has 0 aromatic carbocycles. The molecule has 0 atom stereocenters. The molecule has 2 fully saturated rings. The fourth-order valence-corrected chi connectivity index (χ4v) is 5.45. The number of nitrogens with zero attached hydrogens (tertiary/aromatic N) is 4. The van der Waals surface area contributed by atoms with Gasteiger partial charge in [-0.2, -0.15) is 0 Å². The first-order chi connectivity index (χ1) is 20.0. The maximum atomic E-state index is 13.5. The van der Waals surface area contributed by atoms with Gasteiger partial charge in [0.2, 0.25) is 17.6 Å². The quantitative estimate of drug-likeness (QED) is 0.342. The van der Waals surface area contributed by atoms with Gasteiger partial charge in [0.15, 0.2) is 5.58 Å². The highest BCUT2D eigenvalue weighted by Crippen LogP contribution is 2.35. The Bertz CT molecular complexity index is 1580. The van der Waals surface area contributed by atoms with E-state index in [1.807, 2.05) is 11.0 Å². The second kappa shape index (κ2) is 11.6. The number of aromatic nitrogens is 3. The first-order valence-electron chi connectivity index (χ1n) is 13.4. The average molecular weight is 575 g/mol. The Kier molecular flexibility index (Phi) is 7.62. The van der Waals surface area contributed by atoms with Gasteiger partial charge in [0.05, 0.1) is 17.3 Å². The Balaban J connectivity index is 1.26. The number of pyridine rings is 3. The van der Waals surface area contributed by atoms with Gasteiger partial charge in [0.1, 0.15) is 23.6 Å². The summed E-state index contributed by atoms with van der Waals surface area (Å²) in [5.74, 6) is -0.930. The molecule has 3 amide bonds. The topological polar surface area (TPSA) is 140 Å². The lowest BCUT2D eigenvalue weighted by atomic mass is 9.84. The largest absolute Gasteiger partial charge is 0.447 e. The Labute approximate surface area is 240 Å². The van der Waals surface area contributed by atoms with Crippen LogP contribution in [-0.2, 0) is 14.3 Å². The van der Waals surface area contributed by atoms with E-state index in [-0.39, 0.29) is 47.6 Å². The van der Waals surface area contributed by atoms with Crippen LogP contribution in [0.4, 0.5) is 11.5 Å². The van der Waals surface area contributed by atoms with Gasteiger partial charge in [0.25, 0.3) is 5.91 Å². The van der Waals surface area contributed by atoms with Crippen molar-refractivity contribution in [1.29, 1.82) is 0 Å². The summed E-state index contributed by atoms with van der Waals surface area (Å²) in [5, 5.41) is 6.07. The number of ether oxygens (including phenoxy) is 1. The highest BCUT2D eigenvalue weighted by molar-refractivity contribution is 6.30. The molecule has 1 saturated heterocycles. The van der Waals surface area contributed by atoms with Crippen LogP contribution in [0, 0.1) is 5.92 Å². The minimum Gasteiger partial charge on any atom is -0.447 e. The summed E-state index contributed by atoms with van der Waals surface area (Å²) in [5.41, 5.74) is 2.27. The molecular formula is C29H27ClN6O5. The number of fused-ring (bicyclic) bond motifs is 1. The van der Waals surface area contributed by atoms with E-state index >= 15 is 0 Å². The van der Waals surface area contributed by atoms with Crippen LogP contribution >= 0.6 is 11.6 Å². The van der Waals surface area contributed by atoms with Crippen molar-refractivity contribution >= 4 is 51.9 Å². The molecule has 0 unspecified atom stereocenters. The van der Waals surface area contributed by atoms with Gasteiger partial charge in [-0.25, -0.2) is 9.97 Å². The highest BCUT2D eigenvalue weighted by Gasteiger charge is 2.34. The van der Waals surface area contributed by atoms with Crippen LogP contribution in [0.1, 0.15) is 36.2 Å². The molecule has 2 N–H and O–H groups in total. The number of furan rings is 1. The zero-order valence-electron chi connectivity index (χ0n) is 22.0. The van der Waals surface area contributed by atoms with E-state index in [0.717, 1.165) is 18.4 Å². The van der Waals surface area contributed by atoms with E-state index in [4.69, 9.17) is 25.7 Å². The number of halogens is 1. The highest BCUT2D eigenvalue weighted by atomic mass is 35.5. The summed E-state index contributed by atoms with van der Waals surface area (Å²) in [6.45, 7) is 1.22. The molecule has 41 heavy (non-hydrogen) atoms. The van der Waals surface area contributed by atoms with Gasteiger partial charge >= 0.3 is 0 Å². The Hall–Kier alpha value is -4.35. The lowest BCUT2D eigenvalue weighted by Crippen LogP contribution is -2.49. The van der Waals surface area contributed by atoms with E-state index in [1.54, 1.807) is 42.7 Å². The number of morpholine rings is 1. The molecule has 12 heteroatoms. The fourth-order valence-electron chi connectivity index (χ4n) is 5.34. The third-order valence-electron chi connectivity index (χ3n) is 7.45. The number of nitrogens with one attached hydrogen (secondary N) is 2. The van der Waals surface area contributed by atoms with Gasteiger partial charge in [-0.3, -0.25) is 19.4 Å². The van der Waals surface area contributed by atoms with Gasteiger partial charge in [0, 0.05) is 42.7 Å². The van der Waals surface area contributed by atoms with Gasteiger partial charge in [-0.1, -0.05) is 11.6 Å². The maximum absolute atomic E-state index is 13.5. The number of rotatable bonds is 6. The first-order valence-corrected chi connectivity index (χ1v) is 13.8. The lowest BCUT2D eigenvalue weighted by Gasteiger charge is -2.38. The normalized spacial score (nSPS) is 19.2. The SMILES string of the molecule is O=C(Nc1ccc(Cl)cn1)c1oc2ccc(-c3cccnc3)nc2c1NC(=O)C1CCC(N2CCOCC2=O)CC1. The van der Waals surface area contributed by atoms with Crippen molar-refractivity contribution in [1.82, 2.24) is 19.9 Å². The van der Waals surface area contributed by atoms with Crippen molar-refractivity contribution in [2.24, 2.45) is 5.92 Å². The summed E-state index contributed by atoms with van der Waals surface area (Å²) >= 11 is 5.92. The molecule has 5 heterocycles. The lowest BCUT2D eigenvalue weighted by molar-refractivity contribution is -0.146. The number of amides is 3. The number of hydrogen-bond acceptors (Lipinski definition) is 8. The average Bonchev–Trinajstić information content (AvgIpc) is 3.36. The van der Waals surface area contributed by atoms with E-state index in [2.05, 4.69) is 20.6 Å². The fraction of sp³-hybridized carbons (Fsp3) is 0.310. The van der Waals surface area contributed by atoms with Crippen LogP contribution in [0.5, 0.6) is 0 Å². The van der Waals surface area contributed by atoms with Crippen LogP contribution in [0.2, 0.25) is 5.02 Å². The second-order valence-corrected chi connectivity index (χ2v) is 10.5. The Morgan fingerprint density at radius 3 is 2.61 bits per heavy atom. The summed E-state index contributed by atoms with van der Waals surface area (Å²) in [7, 11) is 0. The molecule has 11 nitrogen and oxygen atoms in total. The minimum atomic E-state index is -0.592. The van der Waals surface area contributed by atoms with Gasteiger partial charge in [-0.15, -0.1) is 0 Å². The van der Waals surface area contributed by atoms with Crippen molar-refractivity contribution < 1.29 is 23.5 Å². The molecule has 0 radical (unpaired) electrons. The maximum Gasteiger partial charge on any atom is 0.294 e. The molecule has 210 valence electrons. The summed E-state index contributed by atoms with van der Waals surface area (Å²) < 4.78 is 11.2. The molecule has 0 bridgehead atoms. The molecule has 4 aromatic rings. The zero-order chi connectivity index (χ0) is 28.3. The second-order valence-electron chi connectivity index (χ2n) is 10.0. The molecule has 2 aliphatic rings. The summed E-state index contributed by atoms with van der Waals surface area (Å²) in [6, 6.07) is 10.4. The number of carbonyl (C=O) groups excluding carboxylic acids is 3. The molecule has 0 spiro atoms. The van der Waals surface area contributed by atoms with Crippen LogP contribution in [0.3, 0.4) is 0 Å². The van der Waals surface area contributed by atoms with Crippen molar-refractivity contribution in [2.75, 3.05) is 30.4 Å². The van der Waals surface area contributed by atoms with Crippen molar-refractivity contribution in [3.05, 3.63) is 65.8 Å². The summed E-state index contributed by atoms with van der Waals surface area (Å²) in [6.07, 6.45) is 7.43. The van der Waals surface area contributed by atoms with Crippen molar-refractivity contribution in [3.8, 4) is 11.3 Å².